The molecule has 2 aliphatic heterocycles. The van der Waals surface area contributed by atoms with Crippen molar-refractivity contribution in [3.63, 3.8) is 0 Å². The summed E-state index contributed by atoms with van der Waals surface area (Å²) in [6.45, 7) is 8.98. The number of anilines is 1. The molecule has 0 aromatic carbocycles. The molecular formula is C30H42N2O6S2. The van der Waals surface area contributed by atoms with Crippen LogP contribution in [0.3, 0.4) is 0 Å². The monoisotopic (exact) mass is 590 g/mol. The lowest BCUT2D eigenvalue weighted by atomic mass is 9.82. The third-order valence-corrected chi connectivity index (χ3v) is 11.0. The topological polar surface area (TPSA) is 104 Å². The van der Waals surface area contributed by atoms with Gasteiger partial charge in [-0.25, -0.2) is 9.59 Å². The van der Waals surface area contributed by atoms with Crippen molar-refractivity contribution in [2.45, 2.75) is 84.8 Å². The van der Waals surface area contributed by atoms with E-state index < -0.39 is 21.6 Å². The Bertz CT molecular complexity index is 1280. The number of likely N-dealkylation sites (tertiary alicyclic amines) is 1. The fourth-order valence-electron chi connectivity index (χ4n) is 5.69. The van der Waals surface area contributed by atoms with E-state index in [0.717, 1.165) is 37.0 Å². The summed E-state index contributed by atoms with van der Waals surface area (Å²) < 4.78 is 17.8. The summed E-state index contributed by atoms with van der Waals surface area (Å²) in [5, 5.41) is 10.1. The predicted molar refractivity (Wildman–Crippen MR) is 161 cm³/mol. The number of carboxylic acid groups (broad SMARTS) is 1. The maximum absolute atomic E-state index is 14.1. The summed E-state index contributed by atoms with van der Waals surface area (Å²) in [6.07, 6.45) is 4.32. The maximum atomic E-state index is 14.1. The van der Waals surface area contributed by atoms with Crippen LogP contribution in [0.15, 0.2) is 6.07 Å². The van der Waals surface area contributed by atoms with Gasteiger partial charge in [0.05, 0.1) is 16.3 Å². The first-order valence-electron chi connectivity index (χ1n) is 14.2. The van der Waals surface area contributed by atoms with Crippen LogP contribution in [-0.4, -0.2) is 74.8 Å². The summed E-state index contributed by atoms with van der Waals surface area (Å²) >= 11 is 1.11. The van der Waals surface area contributed by atoms with Crippen molar-refractivity contribution in [1.29, 1.82) is 0 Å². The molecule has 3 aliphatic rings. The Morgan fingerprint density at radius 3 is 2.33 bits per heavy atom. The lowest BCUT2D eigenvalue weighted by molar-refractivity contribution is -0.124. The van der Waals surface area contributed by atoms with Gasteiger partial charge in [0.1, 0.15) is 11.0 Å². The molecule has 4 rings (SSSR count). The van der Waals surface area contributed by atoms with Crippen molar-refractivity contribution in [1.82, 2.24) is 4.90 Å². The largest absolute Gasteiger partial charge is 0.477 e. The van der Waals surface area contributed by atoms with E-state index in [4.69, 9.17) is 4.74 Å². The van der Waals surface area contributed by atoms with Gasteiger partial charge in [-0.1, -0.05) is 18.8 Å². The van der Waals surface area contributed by atoms with Crippen LogP contribution in [0, 0.1) is 29.1 Å². The molecule has 1 aromatic heterocycles. The highest BCUT2D eigenvalue weighted by Crippen LogP contribution is 2.38. The van der Waals surface area contributed by atoms with E-state index in [2.05, 4.69) is 24.6 Å². The first kappa shape index (κ1) is 30.4. The fraction of sp³-hybridized carbons (Fsp3) is 0.667. The van der Waals surface area contributed by atoms with Gasteiger partial charge in [-0.3, -0.25) is 9.00 Å². The summed E-state index contributed by atoms with van der Waals surface area (Å²) in [5.74, 6) is 10.1. The number of carbonyl (C=O) groups excluding carboxylic acids is 2. The Morgan fingerprint density at radius 2 is 1.77 bits per heavy atom. The number of rotatable bonds is 5. The van der Waals surface area contributed by atoms with Crippen molar-refractivity contribution >= 4 is 50.4 Å². The molecule has 40 heavy (non-hydrogen) atoms. The number of aromatic carboxylic acids is 1. The molecule has 3 heterocycles. The van der Waals surface area contributed by atoms with Gasteiger partial charge >= 0.3 is 12.1 Å². The van der Waals surface area contributed by atoms with E-state index in [1.54, 1.807) is 15.9 Å². The molecule has 1 aromatic rings. The Balaban J connectivity index is 1.56. The zero-order chi connectivity index (χ0) is 29.2. The van der Waals surface area contributed by atoms with Crippen LogP contribution < -0.4 is 4.90 Å². The summed E-state index contributed by atoms with van der Waals surface area (Å²) in [4.78, 5) is 43.4. The average molecular weight is 591 g/mol. The lowest BCUT2D eigenvalue weighted by Crippen LogP contribution is -2.51. The molecule has 8 nitrogen and oxygen atoms in total. The number of carboxylic acids is 1. The average Bonchev–Trinajstić information content (AvgIpc) is 3.46. The summed E-state index contributed by atoms with van der Waals surface area (Å²) in [7, 11) is -2.16. The van der Waals surface area contributed by atoms with E-state index >= 15 is 0 Å². The highest BCUT2D eigenvalue weighted by Gasteiger charge is 2.38. The summed E-state index contributed by atoms with van der Waals surface area (Å²) in [6, 6.07) is 1.52. The number of ether oxygens (including phenoxy) is 1. The van der Waals surface area contributed by atoms with Gasteiger partial charge in [0.15, 0.2) is 0 Å². The molecule has 1 N–H and O–H groups in total. The minimum absolute atomic E-state index is 0.0280. The van der Waals surface area contributed by atoms with Crippen LogP contribution in [0.1, 0.15) is 87.2 Å². The molecule has 1 aliphatic carbocycles. The van der Waals surface area contributed by atoms with Crippen molar-refractivity contribution in [2.75, 3.05) is 29.5 Å². The number of thiophene rings is 1. The van der Waals surface area contributed by atoms with Crippen LogP contribution in [0.25, 0.3) is 0 Å². The van der Waals surface area contributed by atoms with Crippen LogP contribution in [0.4, 0.5) is 10.5 Å². The normalized spacial score (nSPS) is 27.5. The highest BCUT2D eigenvalue weighted by molar-refractivity contribution is 8.00. The quantitative estimate of drug-likeness (QED) is 0.378. The number of nitrogens with zero attached hydrogens (tertiary/aromatic N) is 2. The highest BCUT2D eigenvalue weighted by atomic mass is 32.2. The second-order valence-electron chi connectivity index (χ2n) is 12.6. The minimum atomic E-state index is -2.16. The third-order valence-electron chi connectivity index (χ3n) is 7.99. The van der Waals surface area contributed by atoms with E-state index in [1.807, 2.05) is 20.8 Å². The Morgan fingerprint density at radius 1 is 1.12 bits per heavy atom. The second kappa shape index (κ2) is 12.2. The number of amides is 2. The molecule has 0 spiro atoms. The number of piperidine rings is 1. The van der Waals surface area contributed by atoms with Crippen LogP contribution in [-0.2, 0) is 19.1 Å². The molecule has 2 amide bonds. The number of hydrogen-bond donors (Lipinski definition) is 1. The van der Waals surface area contributed by atoms with E-state index in [1.165, 1.54) is 0 Å². The second-order valence-corrected chi connectivity index (χ2v) is 16.4. The molecule has 3 fully saturated rings. The standard InChI is InChI=1S/C30H42N2O6S2/c1-20-6-8-21(9-7-20)27(33)32(25-18-24(10-14-30(2,3)4)39-26(25)28(34)35)22-11-15-31(16-12-22)29(36)38-23-13-17-40(5,37)19-23/h18,20-23H,5-9,11-13,15-17,19H2,1-4H3,(H,34,35)/t20-,21-,23?,40?. The molecule has 0 bridgehead atoms. The van der Waals surface area contributed by atoms with Crippen LogP contribution in [0.5, 0.6) is 0 Å². The zero-order valence-corrected chi connectivity index (χ0v) is 25.7. The smallest absolute Gasteiger partial charge is 0.410 e. The SMILES string of the molecule is C=S1(=O)CCC(OC(=O)N2CCC(N(c3cc(C#CC(C)(C)C)sc3C(=O)O)C(=O)[C@H]3CC[C@H](C)CC3)CC2)C1. The zero-order valence-electron chi connectivity index (χ0n) is 24.1. The molecule has 220 valence electrons. The van der Waals surface area contributed by atoms with Gasteiger partial charge in [0.2, 0.25) is 5.91 Å². The predicted octanol–water partition coefficient (Wildman–Crippen LogP) is 5.09. The van der Waals surface area contributed by atoms with Gasteiger partial charge in [0.25, 0.3) is 0 Å². The molecule has 2 unspecified atom stereocenters. The molecule has 2 atom stereocenters. The molecule has 10 heteroatoms. The summed E-state index contributed by atoms with van der Waals surface area (Å²) in [5.41, 5.74) is 0.169. The van der Waals surface area contributed by atoms with E-state index in [0.29, 0.717) is 60.3 Å². The Hall–Kier alpha value is -2.51. The fourth-order valence-corrected chi connectivity index (χ4v) is 8.30. The Labute approximate surface area is 242 Å². The number of hydrogen-bond acceptors (Lipinski definition) is 6. The van der Waals surface area contributed by atoms with Crippen LogP contribution in [0.2, 0.25) is 0 Å². The minimum Gasteiger partial charge on any atom is -0.477 e. The first-order valence-corrected chi connectivity index (χ1v) is 17.1. The number of carbonyl (C=O) groups is 3. The molecule has 2 saturated heterocycles. The van der Waals surface area contributed by atoms with Gasteiger partial charge in [-0.15, -0.1) is 11.3 Å². The third kappa shape index (κ3) is 7.61. The Kier molecular flexibility index (Phi) is 9.25. The van der Waals surface area contributed by atoms with Crippen molar-refractivity contribution in [3.05, 3.63) is 15.8 Å². The lowest BCUT2D eigenvalue weighted by Gasteiger charge is -2.40. The van der Waals surface area contributed by atoms with E-state index in [-0.39, 0.29) is 34.3 Å². The van der Waals surface area contributed by atoms with Gasteiger partial charge in [0, 0.05) is 36.2 Å². The van der Waals surface area contributed by atoms with Gasteiger partial charge in [-0.2, -0.15) is 0 Å². The van der Waals surface area contributed by atoms with Crippen LogP contribution >= 0.6 is 11.3 Å². The molecular weight excluding hydrogens is 548 g/mol. The van der Waals surface area contributed by atoms with E-state index in [9.17, 15) is 23.7 Å². The van der Waals surface area contributed by atoms with Crippen molar-refractivity contribution < 1.29 is 28.4 Å². The van der Waals surface area contributed by atoms with Crippen molar-refractivity contribution in [3.8, 4) is 11.8 Å². The molecule has 1 saturated carbocycles. The first-order chi connectivity index (χ1) is 18.7. The van der Waals surface area contributed by atoms with Crippen molar-refractivity contribution in [2.24, 2.45) is 17.3 Å². The molecule has 0 radical (unpaired) electrons. The van der Waals surface area contributed by atoms with Gasteiger partial charge < -0.3 is 19.6 Å². The maximum Gasteiger partial charge on any atom is 0.410 e. The van der Waals surface area contributed by atoms with Gasteiger partial charge in [-0.05, 0) is 93.1 Å².